The van der Waals surface area contributed by atoms with Crippen LogP contribution in [0, 0.1) is 0 Å². The van der Waals surface area contributed by atoms with Gasteiger partial charge in [0.05, 0.1) is 22.8 Å². The lowest BCUT2D eigenvalue weighted by molar-refractivity contribution is 0.573. The Labute approximate surface area is 360 Å². The van der Waals surface area contributed by atoms with E-state index in [1.165, 1.54) is 33.1 Å². The molecule has 62 heavy (non-hydrogen) atoms. The Balaban J connectivity index is 1.10. The van der Waals surface area contributed by atoms with Gasteiger partial charge in [-0.1, -0.05) is 133 Å². The van der Waals surface area contributed by atoms with Crippen molar-refractivity contribution in [3.05, 3.63) is 229 Å². The number of benzene rings is 7. The minimum atomic E-state index is -0.321. The van der Waals surface area contributed by atoms with Gasteiger partial charge in [-0.25, -0.2) is 9.98 Å². The number of rotatable bonds is 7. The summed E-state index contributed by atoms with van der Waals surface area (Å²) in [4.78, 5) is 17.9. The summed E-state index contributed by atoms with van der Waals surface area (Å²) in [6, 6.07) is 67.5. The van der Waals surface area contributed by atoms with Crippen LogP contribution in [0.5, 0.6) is 0 Å². The maximum absolute atomic E-state index is 5.26. The fourth-order valence-corrected chi connectivity index (χ4v) is 9.88. The van der Waals surface area contributed by atoms with Crippen molar-refractivity contribution in [1.29, 1.82) is 0 Å². The second-order valence-electron chi connectivity index (χ2n) is 16.4. The van der Waals surface area contributed by atoms with Crippen LogP contribution in [-0.2, 0) is 0 Å². The molecule has 0 fully saturated rings. The van der Waals surface area contributed by atoms with Gasteiger partial charge in [-0.05, 0) is 102 Å². The number of hydrogen-bond acceptors (Lipinski definition) is 5. The number of aromatic nitrogens is 2. The zero-order chi connectivity index (χ0) is 41.0. The molecule has 7 aromatic carbocycles. The summed E-state index contributed by atoms with van der Waals surface area (Å²) in [6.07, 6.45) is 8.58. The zero-order valence-corrected chi connectivity index (χ0v) is 34.0. The summed E-state index contributed by atoms with van der Waals surface area (Å²) in [5.74, 6) is 1.88. The lowest BCUT2D eigenvalue weighted by atomic mass is 9.86. The van der Waals surface area contributed by atoms with Gasteiger partial charge in [-0.2, -0.15) is 0 Å². The Morgan fingerprint density at radius 2 is 1.21 bits per heavy atom. The monoisotopic (exact) mass is 798 g/mol. The molecular weight excluding hydrogens is 757 g/mol. The third kappa shape index (κ3) is 6.22. The van der Waals surface area contributed by atoms with Gasteiger partial charge in [-0.15, -0.1) is 0 Å². The van der Waals surface area contributed by atoms with Gasteiger partial charge in [0, 0.05) is 56.6 Å². The average Bonchev–Trinajstić information content (AvgIpc) is 3.88. The number of nitrogens with one attached hydrogen (secondary N) is 1. The fraction of sp³-hybridized carbons (Fsp3) is 0.0893. The first kappa shape index (κ1) is 36.1. The first-order valence-corrected chi connectivity index (χ1v) is 21.5. The molecule has 0 spiro atoms. The first-order chi connectivity index (χ1) is 30.7. The molecule has 3 atom stereocenters. The van der Waals surface area contributed by atoms with Gasteiger partial charge in [0.2, 0.25) is 0 Å². The predicted octanol–water partition coefficient (Wildman–Crippen LogP) is 13.0. The lowest BCUT2D eigenvalue weighted by Gasteiger charge is -2.31. The number of hydrogen-bond donors (Lipinski definition) is 1. The number of amidine groups is 2. The first-order valence-electron chi connectivity index (χ1n) is 21.5. The molecule has 0 bridgehead atoms. The molecule has 0 amide bonds. The SMILES string of the molecule is C1=CC2C(CC1)c1ccccc1N2c1cc(-c2cc(C3=NC(c4ccccc4)=NC(c4ccccc4)N3)cc(-c3ccccn3)c2)cc(-n2c3ccccc3c3ccccc32)c1. The molecule has 0 radical (unpaired) electrons. The van der Waals surface area contributed by atoms with Crippen molar-refractivity contribution in [2.75, 3.05) is 4.90 Å². The number of pyridine rings is 1. The molecule has 3 unspecified atom stereocenters. The predicted molar refractivity (Wildman–Crippen MR) is 255 cm³/mol. The van der Waals surface area contributed by atoms with Crippen molar-refractivity contribution in [3.63, 3.8) is 0 Å². The van der Waals surface area contributed by atoms with Gasteiger partial charge in [0.15, 0.2) is 5.84 Å². The molecule has 12 rings (SSSR count). The Bertz CT molecular complexity index is 3180. The number of fused-ring (bicyclic) bond motifs is 6. The molecule has 0 saturated carbocycles. The molecule has 0 saturated heterocycles. The van der Waals surface area contributed by atoms with Crippen molar-refractivity contribution in [1.82, 2.24) is 14.9 Å². The maximum atomic E-state index is 5.26. The van der Waals surface area contributed by atoms with Crippen molar-refractivity contribution in [2.24, 2.45) is 9.98 Å². The number of aliphatic imine (C=N–C) groups is 2. The average molecular weight is 799 g/mol. The zero-order valence-electron chi connectivity index (χ0n) is 34.0. The molecule has 1 aliphatic carbocycles. The number of anilines is 2. The van der Waals surface area contributed by atoms with Crippen LogP contribution >= 0.6 is 0 Å². The van der Waals surface area contributed by atoms with Crippen LogP contribution in [0.25, 0.3) is 49.9 Å². The molecule has 4 heterocycles. The largest absolute Gasteiger partial charge is 0.344 e. The van der Waals surface area contributed by atoms with E-state index < -0.39 is 0 Å². The van der Waals surface area contributed by atoms with Gasteiger partial charge < -0.3 is 14.8 Å². The Kier molecular flexibility index (Phi) is 8.73. The Morgan fingerprint density at radius 1 is 0.548 bits per heavy atom. The van der Waals surface area contributed by atoms with Crippen LogP contribution in [0.15, 0.2) is 216 Å². The third-order valence-corrected chi connectivity index (χ3v) is 12.7. The van der Waals surface area contributed by atoms with E-state index in [4.69, 9.17) is 15.0 Å². The molecule has 2 aliphatic heterocycles. The van der Waals surface area contributed by atoms with Crippen LogP contribution in [-0.4, -0.2) is 27.3 Å². The molecule has 6 heteroatoms. The summed E-state index contributed by atoms with van der Waals surface area (Å²) < 4.78 is 2.44. The van der Waals surface area contributed by atoms with Crippen molar-refractivity contribution < 1.29 is 0 Å². The van der Waals surface area contributed by atoms with E-state index in [9.17, 15) is 0 Å². The molecule has 1 N–H and O–H groups in total. The van der Waals surface area contributed by atoms with Crippen molar-refractivity contribution >= 4 is 44.9 Å². The summed E-state index contributed by atoms with van der Waals surface area (Å²) in [6.45, 7) is 0. The van der Waals surface area contributed by atoms with E-state index in [0.29, 0.717) is 11.8 Å². The summed E-state index contributed by atoms with van der Waals surface area (Å²) in [5.41, 5.74) is 14.4. The standard InChI is InChI=1S/C56H42N6/c1-3-17-37(18-4-1)54-58-55(38-19-5-2-6-20-38)60-56(59-54)42-32-39(31-41(33-42)49-25-15-16-30-57-49)40-34-43(61-50-26-11-7-21-45(50)46-22-8-12-27-51(46)61)36-44(35-40)62-52-28-13-9-23-47(52)48-24-10-14-29-53(48)62/h1-9,11-23,25-36,48,53-54H,10,24H2,(H,58,59,60). The van der Waals surface area contributed by atoms with Crippen molar-refractivity contribution in [3.8, 4) is 28.1 Å². The van der Waals surface area contributed by atoms with E-state index in [1.807, 2.05) is 36.5 Å². The number of nitrogens with zero attached hydrogens (tertiary/aromatic N) is 5. The van der Waals surface area contributed by atoms with E-state index in [1.54, 1.807) is 0 Å². The topological polar surface area (TPSA) is 57.8 Å². The maximum Gasteiger partial charge on any atom is 0.159 e. The van der Waals surface area contributed by atoms with Gasteiger partial charge in [0.1, 0.15) is 12.0 Å². The summed E-state index contributed by atoms with van der Waals surface area (Å²) in [5, 5.41) is 6.21. The highest BCUT2D eigenvalue weighted by Gasteiger charge is 2.39. The molecule has 2 aromatic heterocycles. The third-order valence-electron chi connectivity index (χ3n) is 12.7. The molecule has 3 aliphatic rings. The second kappa shape index (κ2) is 15.0. The summed E-state index contributed by atoms with van der Waals surface area (Å²) >= 11 is 0. The quantitative estimate of drug-likeness (QED) is 0.163. The fourth-order valence-electron chi connectivity index (χ4n) is 9.88. The van der Waals surface area contributed by atoms with Crippen LogP contribution in [0.2, 0.25) is 0 Å². The Hall–Kier alpha value is -7.83. The molecule has 6 nitrogen and oxygen atoms in total. The highest BCUT2D eigenvalue weighted by molar-refractivity contribution is 6.14. The van der Waals surface area contributed by atoms with Crippen LogP contribution in [0.3, 0.4) is 0 Å². The number of para-hydroxylation sites is 3. The normalized spacial score (nSPS) is 17.9. The van der Waals surface area contributed by atoms with Gasteiger partial charge in [-0.3, -0.25) is 4.98 Å². The van der Waals surface area contributed by atoms with Gasteiger partial charge in [0.25, 0.3) is 0 Å². The van der Waals surface area contributed by atoms with E-state index in [-0.39, 0.29) is 12.2 Å². The minimum Gasteiger partial charge on any atom is -0.344 e. The molecular formula is C56H42N6. The minimum absolute atomic E-state index is 0.226. The van der Waals surface area contributed by atoms with Crippen LogP contribution in [0.4, 0.5) is 11.4 Å². The Morgan fingerprint density at radius 3 is 2.00 bits per heavy atom. The number of allylic oxidation sites excluding steroid dienone is 1. The highest BCUT2D eigenvalue weighted by Crippen LogP contribution is 2.50. The van der Waals surface area contributed by atoms with E-state index in [2.05, 4.69) is 185 Å². The van der Waals surface area contributed by atoms with Crippen molar-refractivity contribution in [2.45, 2.75) is 31.0 Å². The second-order valence-corrected chi connectivity index (χ2v) is 16.4. The molecule has 9 aromatic rings. The summed E-state index contributed by atoms with van der Waals surface area (Å²) in [7, 11) is 0. The smallest absolute Gasteiger partial charge is 0.159 e. The van der Waals surface area contributed by atoms with Gasteiger partial charge >= 0.3 is 0 Å². The molecule has 296 valence electrons. The highest BCUT2D eigenvalue weighted by atomic mass is 15.2. The van der Waals surface area contributed by atoms with Crippen LogP contribution in [0.1, 0.15) is 47.2 Å². The van der Waals surface area contributed by atoms with E-state index in [0.717, 1.165) is 69.1 Å². The van der Waals surface area contributed by atoms with E-state index >= 15 is 0 Å². The van der Waals surface area contributed by atoms with Crippen LogP contribution < -0.4 is 10.2 Å². The lowest BCUT2D eigenvalue weighted by Crippen LogP contribution is -2.33.